The number of pyridine rings is 1. The molecule has 0 saturated heterocycles. The number of rotatable bonds is 6. The maximum Gasteiger partial charge on any atom is 0.417 e. The van der Waals surface area contributed by atoms with Gasteiger partial charge in [-0.2, -0.15) is 13.2 Å². The molecule has 9 heteroatoms. The van der Waals surface area contributed by atoms with E-state index in [0.717, 1.165) is 12.3 Å². The smallest absolute Gasteiger partial charge is 0.417 e. The number of benzene rings is 1. The molecule has 0 spiro atoms. The number of nitrogens with zero attached hydrogens (tertiary/aromatic N) is 1. The molecule has 0 fully saturated rings. The zero-order valence-electron chi connectivity index (χ0n) is 15.3. The lowest BCUT2D eigenvalue weighted by atomic mass is 10.0. The van der Waals surface area contributed by atoms with E-state index < -0.39 is 27.2 Å². The molecule has 5 nitrogen and oxygen atoms in total. The van der Waals surface area contributed by atoms with Crippen molar-refractivity contribution in [2.24, 2.45) is 0 Å². The van der Waals surface area contributed by atoms with Crippen LogP contribution in [-0.2, 0) is 20.8 Å². The van der Waals surface area contributed by atoms with Gasteiger partial charge in [-0.05, 0) is 37.6 Å². The summed E-state index contributed by atoms with van der Waals surface area (Å²) >= 11 is 0. The fraction of sp³-hybridized carbons (Fsp3) is 0.389. The summed E-state index contributed by atoms with van der Waals surface area (Å²) in [5.41, 5.74) is -1.13. The Balaban J connectivity index is 2.50. The van der Waals surface area contributed by atoms with Crippen molar-refractivity contribution in [2.45, 2.75) is 30.5 Å². The quantitative estimate of drug-likeness (QED) is 0.730. The number of sulfone groups is 1. The van der Waals surface area contributed by atoms with Crippen molar-refractivity contribution in [3.05, 3.63) is 42.1 Å². The third-order valence-corrected chi connectivity index (χ3v) is 5.01. The molecule has 0 aliphatic rings. The van der Waals surface area contributed by atoms with Crippen molar-refractivity contribution < 1.29 is 31.1 Å². The summed E-state index contributed by atoms with van der Waals surface area (Å²) in [6.07, 6.45) is -2.82. The normalized spacial score (nSPS) is 12.9. The van der Waals surface area contributed by atoms with Gasteiger partial charge in [-0.3, -0.25) is 0 Å². The van der Waals surface area contributed by atoms with E-state index in [1.165, 1.54) is 31.4 Å². The summed E-state index contributed by atoms with van der Waals surface area (Å²) < 4.78 is 73.2. The molecule has 0 unspecified atom stereocenters. The Morgan fingerprint density at radius 1 is 1.11 bits per heavy atom. The number of hydrogen-bond acceptors (Lipinski definition) is 5. The van der Waals surface area contributed by atoms with Crippen LogP contribution in [0.4, 0.5) is 13.2 Å². The minimum absolute atomic E-state index is 0.000214. The molecule has 2 aromatic rings. The molecule has 0 aliphatic heterocycles. The molecule has 2 rings (SSSR count). The highest BCUT2D eigenvalue weighted by Crippen LogP contribution is 2.36. The highest BCUT2D eigenvalue weighted by Gasteiger charge is 2.32. The Kier molecular flexibility index (Phi) is 5.86. The first-order valence-electron chi connectivity index (χ1n) is 7.89. The topological polar surface area (TPSA) is 65.5 Å². The lowest BCUT2D eigenvalue weighted by molar-refractivity contribution is -0.137. The molecular weight excluding hydrogens is 383 g/mol. The van der Waals surface area contributed by atoms with Crippen LogP contribution in [0.5, 0.6) is 5.88 Å². The van der Waals surface area contributed by atoms with Crippen molar-refractivity contribution in [1.29, 1.82) is 0 Å². The van der Waals surface area contributed by atoms with E-state index in [1.807, 2.05) is 0 Å². The van der Waals surface area contributed by atoms with Crippen molar-refractivity contribution in [3.63, 3.8) is 0 Å². The van der Waals surface area contributed by atoms with Crippen LogP contribution in [0.25, 0.3) is 11.1 Å². The van der Waals surface area contributed by atoms with Crippen molar-refractivity contribution in [1.82, 2.24) is 4.98 Å². The maximum atomic E-state index is 13.1. The summed E-state index contributed by atoms with van der Waals surface area (Å²) in [5, 5.41) is 0. The second kappa shape index (κ2) is 7.47. The predicted octanol–water partition coefficient (Wildman–Crippen LogP) is 3.97. The van der Waals surface area contributed by atoms with Crippen LogP contribution in [0.15, 0.2) is 41.4 Å². The number of halogens is 3. The van der Waals surface area contributed by atoms with E-state index >= 15 is 0 Å². The minimum atomic E-state index is -4.57. The lowest BCUT2D eigenvalue weighted by Gasteiger charge is -2.23. The van der Waals surface area contributed by atoms with Crippen molar-refractivity contribution in [2.75, 3.05) is 20.0 Å². The molecule has 27 heavy (non-hydrogen) atoms. The summed E-state index contributed by atoms with van der Waals surface area (Å²) in [4.78, 5) is 3.88. The predicted molar refractivity (Wildman–Crippen MR) is 94.4 cm³/mol. The van der Waals surface area contributed by atoms with Crippen LogP contribution >= 0.6 is 0 Å². The summed E-state index contributed by atoms with van der Waals surface area (Å²) in [7, 11) is -1.93. The molecule has 0 bridgehead atoms. The molecule has 1 aromatic heterocycles. The molecular formula is C18H20F3NO4S. The van der Waals surface area contributed by atoms with Crippen molar-refractivity contribution >= 4 is 9.84 Å². The van der Waals surface area contributed by atoms with Crippen LogP contribution in [0, 0.1) is 0 Å². The van der Waals surface area contributed by atoms with E-state index in [9.17, 15) is 21.6 Å². The number of alkyl halides is 3. The van der Waals surface area contributed by atoms with Gasteiger partial charge in [-0.15, -0.1) is 0 Å². The van der Waals surface area contributed by atoms with Gasteiger partial charge in [0.15, 0.2) is 9.84 Å². The molecule has 0 aliphatic carbocycles. The zero-order valence-corrected chi connectivity index (χ0v) is 16.1. The molecule has 0 amide bonds. The van der Waals surface area contributed by atoms with E-state index in [1.54, 1.807) is 13.8 Å². The third kappa shape index (κ3) is 5.43. The molecule has 0 saturated carbocycles. The Bertz CT molecular complexity index is 907. The van der Waals surface area contributed by atoms with Crippen molar-refractivity contribution in [3.8, 4) is 17.0 Å². The number of methoxy groups -OCH3 is 1. The average molecular weight is 403 g/mol. The first-order chi connectivity index (χ1) is 12.3. The number of aromatic nitrogens is 1. The van der Waals surface area contributed by atoms with Gasteiger partial charge in [0.1, 0.15) is 6.61 Å². The zero-order chi connectivity index (χ0) is 20.5. The average Bonchev–Trinajstić information content (AvgIpc) is 2.58. The maximum absolute atomic E-state index is 13.1. The molecule has 1 aromatic carbocycles. The minimum Gasteiger partial charge on any atom is -0.474 e. The van der Waals surface area contributed by atoms with E-state index in [-0.39, 0.29) is 22.9 Å². The Hall–Kier alpha value is -2.13. The van der Waals surface area contributed by atoms with E-state index in [2.05, 4.69) is 4.98 Å². The first kappa shape index (κ1) is 21.2. The molecule has 0 N–H and O–H groups in total. The van der Waals surface area contributed by atoms with Gasteiger partial charge in [0.05, 0.1) is 16.1 Å². The fourth-order valence-electron chi connectivity index (χ4n) is 2.11. The van der Waals surface area contributed by atoms with Gasteiger partial charge in [0, 0.05) is 25.1 Å². The Labute approximate surface area is 156 Å². The highest BCUT2D eigenvalue weighted by molar-refractivity contribution is 7.90. The standard InChI is InChI=1S/C18H20F3NO4S/c1-17(2,25-3)11-26-16-15(9-13(10-22-16)18(19,20)21)12-5-7-14(8-6-12)27(4,23)24/h5-10H,11H2,1-4H3. The fourth-order valence-corrected chi connectivity index (χ4v) is 2.74. The Morgan fingerprint density at radius 3 is 2.19 bits per heavy atom. The highest BCUT2D eigenvalue weighted by atomic mass is 32.2. The lowest BCUT2D eigenvalue weighted by Crippen LogP contribution is -2.31. The van der Waals surface area contributed by atoms with Crippen LogP contribution in [-0.4, -0.2) is 39.0 Å². The van der Waals surface area contributed by atoms with E-state index in [4.69, 9.17) is 9.47 Å². The number of ether oxygens (including phenoxy) is 2. The number of hydrogen-bond donors (Lipinski definition) is 0. The van der Waals surface area contributed by atoms with Gasteiger partial charge in [-0.25, -0.2) is 13.4 Å². The Morgan fingerprint density at radius 2 is 1.70 bits per heavy atom. The molecule has 148 valence electrons. The molecule has 1 heterocycles. The summed E-state index contributed by atoms with van der Waals surface area (Å²) in [6, 6.07) is 6.42. The van der Waals surface area contributed by atoms with E-state index in [0.29, 0.717) is 11.8 Å². The van der Waals surface area contributed by atoms with Crippen LogP contribution in [0.2, 0.25) is 0 Å². The second-order valence-electron chi connectivity index (χ2n) is 6.62. The van der Waals surface area contributed by atoms with Gasteiger partial charge < -0.3 is 9.47 Å². The van der Waals surface area contributed by atoms with Gasteiger partial charge >= 0.3 is 6.18 Å². The van der Waals surface area contributed by atoms with Crippen LogP contribution in [0.1, 0.15) is 19.4 Å². The first-order valence-corrected chi connectivity index (χ1v) is 9.78. The monoisotopic (exact) mass is 403 g/mol. The third-order valence-electron chi connectivity index (χ3n) is 3.88. The SMILES string of the molecule is COC(C)(C)COc1ncc(C(F)(F)F)cc1-c1ccc(S(C)(=O)=O)cc1. The molecule has 0 atom stereocenters. The van der Waals surface area contributed by atoms with Gasteiger partial charge in [0.2, 0.25) is 5.88 Å². The summed E-state index contributed by atoms with van der Waals surface area (Å²) in [5.74, 6) is 0.000214. The molecule has 0 radical (unpaired) electrons. The summed E-state index contributed by atoms with van der Waals surface area (Å²) in [6.45, 7) is 3.59. The largest absolute Gasteiger partial charge is 0.474 e. The van der Waals surface area contributed by atoms with Gasteiger partial charge in [-0.1, -0.05) is 12.1 Å². The van der Waals surface area contributed by atoms with Gasteiger partial charge in [0.25, 0.3) is 0 Å². The van der Waals surface area contributed by atoms with Crippen LogP contribution < -0.4 is 4.74 Å². The second-order valence-corrected chi connectivity index (χ2v) is 8.64. The van der Waals surface area contributed by atoms with Crippen LogP contribution in [0.3, 0.4) is 0 Å².